The van der Waals surface area contributed by atoms with Gasteiger partial charge >= 0.3 is 11.9 Å². The number of esters is 2. The van der Waals surface area contributed by atoms with Gasteiger partial charge in [0, 0.05) is 23.5 Å². The van der Waals surface area contributed by atoms with Crippen LogP contribution in [0, 0.1) is 5.92 Å². The highest BCUT2D eigenvalue weighted by atomic mass is 16.5. The highest BCUT2D eigenvalue weighted by Gasteiger charge is 2.52. The van der Waals surface area contributed by atoms with E-state index < -0.39 is 29.6 Å². The van der Waals surface area contributed by atoms with Gasteiger partial charge in [0.05, 0.1) is 19.9 Å². The van der Waals surface area contributed by atoms with Gasteiger partial charge in [-0.15, -0.1) is 0 Å². The van der Waals surface area contributed by atoms with Crippen molar-refractivity contribution in [1.82, 2.24) is 4.57 Å². The molecule has 2 aromatic rings. The molecule has 22 heavy (non-hydrogen) atoms. The number of rotatable bonds is 2. The first kappa shape index (κ1) is 14.3. The zero-order chi connectivity index (χ0) is 16.0. The van der Waals surface area contributed by atoms with E-state index in [0.29, 0.717) is 11.3 Å². The smallest absolute Gasteiger partial charge is 0.317 e. The number of para-hydroxylation sites is 1. The maximum Gasteiger partial charge on any atom is 0.317 e. The average Bonchev–Trinajstić information content (AvgIpc) is 3.00. The zero-order valence-corrected chi connectivity index (χ0v) is 12.5. The molecule has 0 spiro atoms. The van der Waals surface area contributed by atoms with Crippen molar-refractivity contribution in [3.63, 3.8) is 0 Å². The van der Waals surface area contributed by atoms with E-state index in [4.69, 9.17) is 9.47 Å². The van der Waals surface area contributed by atoms with Crippen LogP contribution in [-0.4, -0.2) is 36.5 Å². The number of benzene rings is 1. The average molecular weight is 301 g/mol. The molecule has 0 bridgehead atoms. The number of aryl methyl sites for hydroxylation is 1. The third-order valence-electron chi connectivity index (χ3n) is 4.22. The number of fused-ring (bicyclic) bond motifs is 3. The molecular weight excluding hydrogens is 286 g/mol. The van der Waals surface area contributed by atoms with Crippen LogP contribution in [-0.2, 0) is 26.1 Å². The molecule has 0 radical (unpaired) electrons. The predicted molar refractivity (Wildman–Crippen MR) is 77.5 cm³/mol. The van der Waals surface area contributed by atoms with Crippen molar-refractivity contribution in [2.45, 2.75) is 5.92 Å². The molecule has 6 heteroatoms. The molecule has 0 saturated carbocycles. The minimum atomic E-state index is -1.18. The lowest BCUT2D eigenvalue weighted by Crippen LogP contribution is -2.30. The van der Waals surface area contributed by atoms with Crippen molar-refractivity contribution in [2.75, 3.05) is 14.2 Å². The number of hydrogen-bond donors (Lipinski definition) is 0. The molecule has 0 unspecified atom stereocenters. The Morgan fingerprint density at radius 2 is 1.64 bits per heavy atom. The molecule has 0 saturated heterocycles. The first-order valence-corrected chi connectivity index (χ1v) is 6.80. The summed E-state index contributed by atoms with van der Waals surface area (Å²) in [6, 6.07) is 7.37. The largest absolute Gasteiger partial charge is 0.469 e. The summed E-state index contributed by atoms with van der Waals surface area (Å²) >= 11 is 0. The van der Waals surface area contributed by atoms with E-state index in [-0.39, 0.29) is 0 Å². The first-order valence-electron chi connectivity index (χ1n) is 6.80. The normalized spacial score (nSPS) is 20.0. The number of aromatic nitrogens is 1. The maximum atomic E-state index is 12.7. The standard InChI is InChI=1S/C16H15NO5/c1-17-9-7-5-4-6-8(9)10-11(15(19)21-2)12(16(20)22-3)14(18)13(10)17/h4-7,11-12H,1-3H3/t11-,12+/m0/s1. The molecule has 0 fully saturated rings. The second kappa shape index (κ2) is 4.98. The van der Waals surface area contributed by atoms with Crippen LogP contribution in [0.2, 0.25) is 0 Å². The quantitative estimate of drug-likeness (QED) is 0.619. The second-order valence-electron chi connectivity index (χ2n) is 5.20. The fourth-order valence-electron chi connectivity index (χ4n) is 3.25. The number of methoxy groups -OCH3 is 2. The van der Waals surface area contributed by atoms with E-state index in [0.717, 1.165) is 10.9 Å². The van der Waals surface area contributed by atoms with Crippen molar-refractivity contribution >= 4 is 28.6 Å². The third-order valence-corrected chi connectivity index (χ3v) is 4.22. The van der Waals surface area contributed by atoms with Gasteiger partial charge in [0.2, 0.25) is 0 Å². The van der Waals surface area contributed by atoms with Crippen molar-refractivity contribution < 1.29 is 23.9 Å². The Labute approximate surface area is 126 Å². The fraction of sp³-hybridized carbons (Fsp3) is 0.312. The monoisotopic (exact) mass is 301 g/mol. The Morgan fingerprint density at radius 1 is 1.05 bits per heavy atom. The molecule has 3 rings (SSSR count). The van der Waals surface area contributed by atoms with Gasteiger partial charge in [0.1, 0.15) is 11.8 Å². The summed E-state index contributed by atoms with van der Waals surface area (Å²) < 4.78 is 11.2. The number of carbonyl (C=O) groups is 3. The Hall–Kier alpha value is -2.63. The molecule has 1 heterocycles. The molecular formula is C16H15NO5. The Kier molecular flexibility index (Phi) is 3.24. The van der Waals surface area contributed by atoms with E-state index >= 15 is 0 Å². The molecule has 114 valence electrons. The van der Waals surface area contributed by atoms with Crippen molar-refractivity contribution in [3.05, 3.63) is 35.5 Å². The number of Topliss-reactive ketones (excluding diaryl/α,β-unsaturated/α-hetero) is 1. The summed E-state index contributed by atoms with van der Waals surface area (Å²) in [5, 5.41) is 0.773. The lowest BCUT2D eigenvalue weighted by Gasteiger charge is -2.15. The van der Waals surface area contributed by atoms with Crippen molar-refractivity contribution in [2.24, 2.45) is 13.0 Å². The number of carbonyl (C=O) groups excluding carboxylic acids is 3. The Balaban J connectivity index is 2.32. The van der Waals surface area contributed by atoms with Gasteiger partial charge in [-0.05, 0) is 6.07 Å². The molecule has 0 N–H and O–H groups in total. The second-order valence-corrected chi connectivity index (χ2v) is 5.20. The number of ketones is 1. The van der Waals surface area contributed by atoms with Gasteiger partial charge in [-0.25, -0.2) is 0 Å². The molecule has 0 amide bonds. The van der Waals surface area contributed by atoms with Crippen LogP contribution in [0.3, 0.4) is 0 Å². The minimum Gasteiger partial charge on any atom is -0.469 e. The number of nitrogens with zero attached hydrogens (tertiary/aromatic N) is 1. The lowest BCUT2D eigenvalue weighted by atomic mass is 9.90. The summed E-state index contributed by atoms with van der Waals surface area (Å²) in [5.41, 5.74) is 1.75. The van der Waals surface area contributed by atoms with Gasteiger partial charge in [-0.2, -0.15) is 0 Å². The van der Waals surface area contributed by atoms with Crippen LogP contribution in [0.5, 0.6) is 0 Å². The molecule has 1 aromatic carbocycles. The van der Waals surface area contributed by atoms with Crippen LogP contribution in [0.25, 0.3) is 10.9 Å². The first-order chi connectivity index (χ1) is 10.5. The summed E-state index contributed by atoms with van der Waals surface area (Å²) in [4.78, 5) is 36.9. The predicted octanol–water partition coefficient (Wildman–Crippen LogP) is 1.42. The summed E-state index contributed by atoms with van der Waals surface area (Å²) in [7, 11) is 4.18. The third kappa shape index (κ3) is 1.70. The lowest BCUT2D eigenvalue weighted by molar-refractivity contribution is -0.151. The van der Waals surface area contributed by atoms with E-state index in [9.17, 15) is 14.4 Å². The summed E-state index contributed by atoms with van der Waals surface area (Å²) in [5.74, 6) is -3.89. The van der Waals surface area contributed by atoms with Crippen molar-refractivity contribution in [3.8, 4) is 0 Å². The molecule has 1 aromatic heterocycles. The van der Waals surface area contributed by atoms with Gasteiger partial charge in [0.15, 0.2) is 5.78 Å². The van der Waals surface area contributed by atoms with E-state index in [1.807, 2.05) is 24.3 Å². The molecule has 6 nitrogen and oxygen atoms in total. The van der Waals surface area contributed by atoms with Crippen LogP contribution in [0.1, 0.15) is 22.0 Å². The molecule has 1 aliphatic rings. The van der Waals surface area contributed by atoms with Crippen LogP contribution < -0.4 is 0 Å². The Morgan fingerprint density at radius 3 is 2.27 bits per heavy atom. The summed E-state index contributed by atoms with van der Waals surface area (Å²) in [6.07, 6.45) is 0. The summed E-state index contributed by atoms with van der Waals surface area (Å²) in [6.45, 7) is 0. The van der Waals surface area contributed by atoms with Gasteiger partial charge in [-0.3, -0.25) is 14.4 Å². The van der Waals surface area contributed by atoms with Gasteiger partial charge in [0.25, 0.3) is 0 Å². The van der Waals surface area contributed by atoms with Crippen LogP contribution >= 0.6 is 0 Å². The van der Waals surface area contributed by atoms with Crippen LogP contribution in [0.15, 0.2) is 24.3 Å². The SMILES string of the molecule is COC(=O)[C@H]1C(=O)c2c(c3ccccc3n2C)[C@@H]1C(=O)OC. The topological polar surface area (TPSA) is 74.6 Å². The molecule has 0 aliphatic heterocycles. The molecule has 2 atom stereocenters. The highest BCUT2D eigenvalue weighted by molar-refractivity contribution is 6.19. The molecule has 1 aliphatic carbocycles. The Bertz CT molecular complexity index is 804. The van der Waals surface area contributed by atoms with E-state index in [2.05, 4.69) is 0 Å². The van der Waals surface area contributed by atoms with Gasteiger partial charge < -0.3 is 14.0 Å². The zero-order valence-electron chi connectivity index (χ0n) is 12.5. The maximum absolute atomic E-state index is 12.7. The highest BCUT2D eigenvalue weighted by Crippen LogP contribution is 2.44. The van der Waals surface area contributed by atoms with Crippen molar-refractivity contribution in [1.29, 1.82) is 0 Å². The van der Waals surface area contributed by atoms with E-state index in [1.165, 1.54) is 14.2 Å². The fourth-order valence-corrected chi connectivity index (χ4v) is 3.25. The number of ether oxygens (including phenoxy) is 2. The van der Waals surface area contributed by atoms with Gasteiger partial charge in [-0.1, -0.05) is 18.2 Å². The van der Waals surface area contributed by atoms with E-state index in [1.54, 1.807) is 11.6 Å². The number of hydrogen-bond acceptors (Lipinski definition) is 5. The van der Waals surface area contributed by atoms with Crippen LogP contribution in [0.4, 0.5) is 0 Å². The minimum absolute atomic E-state index is 0.368.